The number of nitrogens with one attached hydrogen (secondary N) is 1. The fourth-order valence-electron chi connectivity index (χ4n) is 1.77. The van der Waals surface area contributed by atoms with Crippen LogP contribution in [0.15, 0.2) is 47.4 Å². The van der Waals surface area contributed by atoms with E-state index in [1.165, 1.54) is 12.1 Å². The average molecular weight is 314 g/mol. The molecule has 3 nitrogen and oxygen atoms in total. The van der Waals surface area contributed by atoms with Gasteiger partial charge in [-0.3, -0.25) is 0 Å². The summed E-state index contributed by atoms with van der Waals surface area (Å²) in [4.78, 5) is 0.0767. The minimum absolute atomic E-state index is 0.0767. The van der Waals surface area contributed by atoms with Crippen molar-refractivity contribution >= 4 is 21.6 Å². The van der Waals surface area contributed by atoms with E-state index in [4.69, 9.17) is 11.6 Å². The molecular weight excluding hydrogens is 301 g/mol. The van der Waals surface area contributed by atoms with Crippen LogP contribution in [0, 0.1) is 12.7 Å². The van der Waals surface area contributed by atoms with Gasteiger partial charge in [-0.15, -0.1) is 0 Å². The summed E-state index contributed by atoms with van der Waals surface area (Å²) in [5.41, 5.74) is 1.16. The second-order valence-electron chi connectivity index (χ2n) is 4.36. The molecule has 0 aromatic heterocycles. The first-order valence-corrected chi connectivity index (χ1v) is 7.75. The normalized spacial score (nSPS) is 11.6. The molecule has 0 unspecified atom stereocenters. The molecule has 1 N–H and O–H groups in total. The van der Waals surface area contributed by atoms with Gasteiger partial charge in [0.1, 0.15) is 5.82 Å². The first-order chi connectivity index (χ1) is 9.38. The summed E-state index contributed by atoms with van der Waals surface area (Å²) in [6, 6.07) is 10.4. The molecule has 0 amide bonds. The smallest absolute Gasteiger partial charge is 0.207 e. The minimum Gasteiger partial charge on any atom is -0.207 e. The third-order valence-electron chi connectivity index (χ3n) is 2.81. The van der Waals surface area contributed by atoms with Gasteiger partial charge in [-0.1, -0.05) is 23.7 Å². The molecular formula is C14H13ClFNO2S. The number of sulfonamides is 1. The van der Waals surface area contributed by atoms with E-state index >= 15 is 0 Å². The Kier molecular flexibility index (Phi) is 4.42. The zero-order valence-electron chi connectivity index (χ0n) is 10.7. The molecule has 0 fully saturated rings. The Bertz CT molecular complexity index is 714. The molecule has 2 aromatic carbocycles. The monoisotopic (exact) mass is 313 g/mol. The van der Waals surface area contributed by atoms with Crippen LogP contribution in [0.4, 0.5) is 4.39 Å². The maximum absolute atomic E-state index is 13.0. The summed E-state index contributed by atoms with van der Waals surface area (Å²) in [7, 11) is -3.67. The van der Waals surface area contributed by atoms with E-state index in [9.17, 15) is 12.8 Å². The van der Waals surface area contributed by atoms with Gasteiger partial charge in [-0.2, -0.15) is 0 Å². The number of hydrogen-bond donors (Lipinski definition) is 1. The van der Waals surface area contributed by atoms with Crippen molar-refractivity contribution in [3.05, 3.63) is 64.4 Å². The van der Waals surface area contributed by atoms with Gasteiger partial charge in [0.15, 0.2) is 0 Å². The van der Waals surface area contributed by atoms with Gasteiger partial charge >= 0.3 is 0 Å². The molecule has 20 heavy (non-hydrogen) atoms. The topological polar surface area (TPSA) is 46.2 Å². The quantitative estimate of drug-likeness (QED) is 0.941. The van der Waals surface area contributed by atoms with Crippen LogP contribution < -0.4 is 4.72 Å². The highest BCUT2D eigenvalue weighted by Gasteiger charge is 2.16. The van der Waals surface area contributed by atoms with Crippen molar-refractivity contribution in [2.75, 3.05) is 0 Å². The molecule has 0 saturated heterocycles. The van der Waals surface area contributed by atoms with Crippen LogP contribution in [-0.2, 0) is 16.6 Å². The van der Waals surface area contributed by atoms with E-state index in [2.05, 4.69) is 4.72 Å². The predicted octanol–water partition coefficient (Wildman–Crippen LogP) is 3.27. The van der Waals surface area contributed by atoms with Crippen molar-refractivity contribution in [3.63, 3.8) is 0 Å². The second kappa shape index (κ2) is 5.91. The highest BCUT2D eigenvalue weighted by Crippen LogP contribution is 2.16. The van der Waals surface area contributed by atoms with E-state index < -0.39 is 15.8 Å². The van der Waals surface area contributed by atoms with E-state index in [0.717, 1.165) is 11.6 Å². The lowest BCUT2D eigenvalue weighted by Gasteiger charge is -2.09. The molecule has 106 valence electrons. The molecule has 0 radical (unpaired) electrons. The van der Waals surface area contributed by atoms with Gasteiger partial charge in [0.2, 0.25) is 10.0 Å². The summed E-state index contributed by atoms with van der Waals surface area (Å²) in [5.74, 6) is -0.459. The Morgan fingerprint density at radius 1 is 1.15 bits per heavy atom. The molecule has 0 bridgehead atoms. The third-order valence-corrected chi connectivity index (χ3v) is 4.62. The molecule has 0 saturated carbocycles. The molecule has 0 aliphatic carbocycles. The third kappa shape index (κ3) is 3.56. The molecule has 0 aliphatic rings. The molecule has 2 aromatic rings. The predicted molar refractivity (Wildman–Crippen MR) is 76.6 cm³/mol. The van der Waals surface area contributed by atoms with Crippen molar-refractivity contribution in [1.82, 2.24) is 4.72 Å². The summed E-state index contributed by atoms with van der Waals surface area (Å²) in [5, 5.41) is 0.589. The van der Waals surface area contributed by atoms with Gasteiger partial charge in [-0.25, -0.2) is 17.5 Å². The van der Waals surface area contributed by atoms with Crippen LogP contribution in [0.5, 0.6) is 0 Å². The number of hydrogen-bond acceptors (Lipinski definition) is 2. The summed E-state index contributed by atoms with van der Waals surface area (Å²) in [6.45, 7) is 1.70. The van der Waals surface area contributed by atoms with E-state index in [1.54, 1.807) is 31.2 Å². The zero-order valence-corrected chi connectivity index (χ0v) is 12.3. The number of aryl methyl sites for hydroxylation is 1. The highest BCUT2D eigenvalue weighted by molar-refractivity contribution is 7.89. The Morgan fingerprint density at radius 2 is 1.80 bits per heavy atom. The van der Waals surface area contributed by atoms with Gasteiger partial charge in [0.05, 0.1) is 4.90 Å². The number of halogens is 2. The largest absolute Gasteiger partial charge is 0.241 e. The lowest BCUT2D eigenvalue weighted by molar-refractivity contribution is 0.579. The Balaban J connectivity index is 2.17. The van der Waals surface area contributed by atoms with E-state index in [0.29, 0.717) is 10.6 Å². The first kappa shape index (κ1) is 15.0. The van der Waals surface area contributed by atoms with Crippen LogP contribution in [0.3, 0.4) is 0 Å². The fraction of sp³-hybridized carbons (Fsp3) is 0.143. The van der Waals surface area contributed by atoms with Gasteiger partial charge in [0.25, 0.3) is 0 Å². The van der Waals surface area contributed by atoms with Crippen LogP contribution in [0.2, 0.25) is 5.02 Å². The van der Waals surface area contributed by atoms with E-state index in [-0.39, 0.29) is 11.4 Å². The maximum atomic E-state index is 13.0. The number of benzene rings is 2. The van der Waals surface area contributed by atoms with Crippen LogP contribution in [0.25, 0.3) is 0 Å². The summed E-state index contributed by atoms with van der Waals surface area (Å²) >= 11 is 5.76. The molecule has 0 heterocycles. The Labute approximate surface area is 122 Å². The van der Waals surface area contributed by atoms with Gasteiger partial charge < -0.3 is 0 Å². The fourth-order valence-corrected chi connectivity index (χ4v) is 3.14. The minimum atomic E-state index is -3.67. The molecule has 2 rings (SSSR count). The van der Waals surface area contributed by atoms with Crippen molar-refractivity contribution in [3.8, 4) is 0 Å². The Hall–Kier alpha value is -1.43. The molecule has 0 aliphatic heterocycles. The molecule has 6 heteroatoms. The molecule has 0 atom stereocenters. The van der Waals surface area contributed by atoms with Crippen LogP contribution >= 0.6 is 11.6 Å². The lowest BCUT2D eigenvalue weighted by atomic mass is 10.2. The standard InChI is InChI=1S/C14H13ClFNO2S/c1-10-8-13(16)6-7-14(10)20(18,19)17-9-11-2-4-12(15)5-3-11/h2-8,17H,9H2,1H3. The van der Waals surface area contributed by atoms with Gasteiger partial charge in [-0.05, 0) is 48.4 Å². The molecule has 0 spiro atoms. The second-order valence-corrected chi connectivity index (χ2v) is 6.53. The van der Waals surface area contributed by atoms with Crippen LogP contribution in [-0.4, -0.2) is 8.42 Å². The van der Waals surface area contributed by atoms with Crippen molar-refractivity contribution < 1.29 is 12.8 Å². The summed E-state index contributed by atoms with van der Waals surface area (Å²) in [6.07, 6.45) is 0. The first-order valence-electron chi connectivity index (χ1n) is 5.89. The highest BCUT2D eigenvalue weighted by atomic mass is 35.5. The van der Waals surface area contributed by atoms with Crippen LogP contribution in [0.1, 0.15) is 11.1 Å². The van der Waals surface area contributed by atoms with E-state index in [1.807, 2.05) is 0 Å². The zero-order chi connectivity index (χ0) is 14.8. The van der Waals surface area contributed by atoms with Crippen molar-refractivity contribution in [2.24, 2.45) is 0 Å². The SMILES string of the molecule is Cc1cc(F)ccc1S(=O)(=O)NCc1ccc(Cl)cc1. The van der Waals surface area contributed by atoms with Crippen molar-refractivity contribution in [2.45, 2.75) is 18.4 Å². The summed E-state index contributed by atoms with van der Waals surface area (Å²) < 4.78 is 39.8. The van der Waals surface area contributed by atoms with Crippen molar-refractivity contribution in [1.29, 1.82) is 0 Å². The lowest BCUT2D eigenvalue weighted by Crippen LogP contribution is -2.24. The average Bonchev–Trinajstić information content (AvgIpc) is 2.37. The number of rotatable bonds is 4. The Morgan fingerprint density at radius 3 is 2.40 bits per heavy atom. The van der Waals surface area contributed by atoms with Gasteiger partial charge in [0, 0.05) is 11.6 Å². The maximum Gasteiger partial charge on any atom is 0.241 e.